The number of nitrogens with zero attached hydrogens (tertiary/aromatic N) is 2. The number of alkyl halides is 3. The van der Waals surface area contributed by atoms with Gasteiger partial charge in [0.25, 0.3) is 5.56 Å². The van der Waals surface area contributed by atoms with Gasteiger partial charge in [-0.1, -0.05) is 11.8 Å². The zero-order chi connectivity index (χ0) is 22.4. The van der Waals surface area contributed by atoms with Crippen LogP contribution in [0.1, 0.15) is 29.5 Å². The minimum Gasteiger partial charge on any atom is -0.391 e. The Bertz CT molecular complexity index is 1180. The summed E-state index contributed by atoms with van der Waals surface area (Å²) in [7, 11) is 0. The fourth-order valence-corrected chi connectivity index (χ4v) is 3.28. The summed E-state index contributed by atoms with van der Waals surface area (Å²) in [6, 6.07) is 0.579. The summed E-state index contributed by atoms with van der Waals surface area (Å²) in [5.74, 6) is 3.46. The first-order chi connectivity index (χ1) is 14.6. The number of urea groups is 1. The van der Waals surface area contributed by atoms with Gasteiger partial charge >= 0.3 is 12.2 Å². The molecule has 0 unspecified atom stereocenters. The lowest BCUT2D eigenvalue weighted by atomic mass is 9.85. The van der Waals surface area contributed by atoms with E-state index < -0.39 is 41.3 Å². The van der Waals surface area contributed by atoms with Crippen molar-refractivity contribution in [1.82, 2.24) is 14.9 Å². The minimum atomic E-state index is -5.01. The number of anilines is 1. The topological polar surface area (TPSA) is 96.2 Å². The van der Waals surface area contributed by atoms with Crippen LogP contribution < -0.4 is 16.2 Å². The SMILES string of the molecule is O=C1Nc2cc(Cn3cncc(CO)c3=O)c(F)cc2[C@@](C#CC2CC2)(C(F)(F)F)N1. The highest BCUT2D eigenvalue weighted by Crippen LogP contribution is 2.45. The van der Waals surface area contributed by atoms with Crippen molar-refractivity contribution in [3.8, 4) is 11.8 Å². The molecule has 1 aliphatic carbocycles. The van der Waals surface area contributed by atoms with Crippen molar-refractivity contribution in [2.75, 3.05) is 5.32 Å². The molecule has 1 aliphatic heterocycles. The third-order valence-corrected chi connectivity index (χ3v) is 5.09. The van der Waals surface area contributed by atoms with Crippen molar-refractivity contribution >= 4 is 11.7 Å². The van der Waals surface area contributed by atoms with Crippen LogP contribution in [-0.2, 0) is 18.7 Å². The van der Waals surface area contributed by atoms with E-state index >= 15 is 0 Å². The maximum atomic E-state index is 14.9. The Balaban J connectivity index is 1.82. The van der Waals surface area contributed by atoms with Gasteiger partial charge in [-0.25, -0.2) is 14.2 Å². The van der Waals surface area contributed by atoms with Gasteiger partial charge in [-0.15, -0.1) is 0 Å². The number of hydrogen-bond acceptors (Lipinski definition) is 4. The molecule has 4 rings (SSSR count). The van der Waals surface area contributed by atoms with E-state index in [1.807, 2.05) is 5.32 Å². The Morgan fingerprint density at radius 1 is 1.26 bits per heavy atom. The maximum absolute atomic E-state index is 14.9. The molecule has 0 radical (unpaired) electrons. The molecular formula is C20H16F4N4O3. The van der Waals surface area contributed by atoms with Crippen LogP contribution in [0, 0.1) is 23.6 Å². The molecule has 1 saturated carbocycles. The molecule has 1 aromatic heterocycles. The number of benzene rings is 1. The molecule has 1 atom stereocenters. The average molecular weight is 436 g/mol. The molecule has 1 aromatic carbocycles. The molecule has 2 heterocycles. The summed E-state index contributed by atoms with van der Waals surface area (Å²) in [6.45, 7) is -0.941. The molecule has 2 aliphatic rings. The number of hydrogen-bond donors (Lipinski definition) is 3. The quantitative estimate of drug-likeness (QED) is 0.508. The van der Waals surface area contributed by atoms with Crippen LogP contribution in [0.3, 0.4) is 0 Å². The minimum absolute atomic E-state index is 0.0233. The Morgan fingerprint density at radius 2 is 2.00 bits per heavy atom. The number of nitrogens with one attached hydrogen (secondary N) is 2. The van der Waals surface area contributed by atoms with Crippen molar-refractivity contribution in [2.24, 2.45) is 5.92 Å². The highest BCUT2D eigenvalue weighted by atomic mass is 19.4. The van der Waals surface area contributed by atoms with Gasteiger partial charge in [-0.2, -0.15) is 13.2 Å². The fourth-order valence-electron chi connectivity index (χ4n) is 3.28. The molecule has 162 valence electrons. The van der Waals surface area contributed by atoms with Crippen molar-refractivity contribution < 1.29 is 27.5 Å². The summed E-state index contributed by atoms with van der Waals surface area (Å²) in [5.41, 5.74) is -4.68. The molecule has 0 saturated heterocycles. The maximum Gasteiger partial charge on any atom is 0.427 e. The second kappa shape index (κ2) is 7.39. The van der Waals surface area contributed by atoms with Crippen LogP contribution in [0.4, 0.5) is 28.0 Å². The number of aliphatic hydroxyl groups excluding tert-OH is 1. The summed E-state index contributed by atoms with van der Waals surface area (Å²) in [6.07, 6.45) is -1.40. The van der Waals surface area contributed by atoms with E-state index in [1.54, 1.807) is 0 Å². The molecule has 2 amide bonds. The van der Waals surface area contributed by atoms with Gasteiger partial charge in [-0.3, -0.25) is 9.36 Å². The zero-order valence-corrected chi connectivity index (χ0v) is 15.9. The van der Waals surface area contributed by atoms with E-state index in [0.29, 0.717) is 18.9 Å². The number of carbonyl (C=O) groups is 1. The summed E-state index contributed by atoms with van der Waals surface area (Å²) in [4.78, 5) is 28.1. The number of amides is 2. The fraction of sp³-hybridized carbons (Fsp3) is 0.350. The van der Waals surface area contributed by atoms with Crippen LogP contribution in [0.25, 0.3) is 0 Å². The van der Waals surface area contributed by atoms with E-state index in [2.05, 4.69) is 22.1 Å². The lowest BCUT2D eigenvalue weighted by Gasteiger charge is -2.37. The monoisotopic (exact) mass is 436 g/mol. The number of carbonyl (C=O) groups excluding carboxylic acids is 1. The molecule has 0 spiro atoms. The predicted octanol–water partition coefficient (Wildman–Crippen LogP) is 2.23. The summed E-state index contributed by atoms with van der Waals surface area (Å²) < 4.78 is 58.1. The molecule has 0 bridgehead atoms. The lowest BCUT2D eigenvalue weighted by molar-refractivity contribution is -0.178. The van der Waals surface area contributed by atoms with Gasteiger partial charge < -0.3 is 15.7 Å². The first-order valence-corrected chi connectivity index (χ1v) is 9.30. The second-order valence-corrected chi connectivity index (χ2v) is 7.37. The number of aliphatic hydroxyl groups is 1. The van der Waals surface area contributed by atoms with Crippen molar-refractivity contribution in [3.05, 3.63) is 57.5 Å². The summed E-state index contributed by atoms with van der Waals surface area (Å²) >= 11 is 0. The van der Waals surface area contributed by atoms with Gasteiger partial charge in [0, 0.05) is 28.9 Å². The number of halogens is 4. The van der Waals surface area contributed by atoms with E-state index in [0.717, 1.165) is 23.2 Å². The molecule has 7 nitrogen and oxygen atoms in total. The van der Waals surface area contributed by atoms with Gasteiger partial charge in [0.15, 0.2) is 0 Å². The number of fused-ring (bicyclic) bond motifs is 1. The highest BCUT2D eigenvalue weighted by molar-refractivity contribution is 5.95. The number of rotatable bonds is 3. The van der Waals surface area contributed by atoms with E-state index in [-0.39, 0.29) is 29.3 Å². The van der Waals surface area contributed by atoms with Crippen LogP contribution >= 0.6 is 0 Å². The lowest BCUT2D eigenvalue weighted by Crippen LogP contribution is -2.59. The Labute approximate surface area is 173 Å². The predicted molar refractivity (Wildman–Crippen MR) is 100 cm³/mol. The second-order valence-electron chi connectivity index (χ2n) is 7.37. The first kappa shape index (κ1) is 20.9. The Hall–Kier alpha value is -3.39. The molecule has 11 heteroatoms. The van der Waals surface area contributed by atoms with E-state index in [1.165, 1.54) is 0 Å². The standard InChI is InChI=1S/C20H16F4N4O3/c21-15-6-14-16(5-12(15)8-28-10-25-7-13(9-29)17(28)30)26-18(31)27-19(14,20(22,23)24)4-3-11-1-2-11/h5-7,10-11,29H,1-2,8-9H2,(H2,26,27,31)/t19-/m0/s1. The number of aromatic nitrogens is 2. The van der Waals surface area contributed by atoms with Crippen LogP contribution in [0.2, 0.25) is 0 Å². The first-order valence-electron chi connectivity index (χ1n) is 9.30. The third kappa shape index (κ3) is 3.74. The van der Waals surface area contributed by atoms with Crippen LogP contribution in [0.5, 0.6) is 0 Å². The van der Waals surface area contributed by atoms with Crippen molar-refractivity contribution in [1.29, 1.82) is 0 Å². The average Bonchev–Trinajstić information content (AvgIpc) is 3.52. The molecule has 1 fully saturated rings. The van der Waals surface area contributed by atoms with Crippen LogP contribution in [0.15, 0.2) is 29.5 Å². The van der Waals surface area contributed by atoms with Crippen LogP contribution in [-0.4, -0.2) is 26.9 Å². The summed E-state index contributed by atoms with van der Waals surface area (Å²) in [5, 5.41) is 13.3. The molecule has 2 aromatic rings. The third-order valence-electron chi connectivity index (χ3n) is 5.09. The van der Waals surface area contributed by atoms with Gasteiger partial charge in [-0.05, 0) is 25.0 Å². The molecule has 3 N–H and O–H groups in total. The Kier molecular flexibility index (Phi) is 4.97. The molecular weight excluding hydrogens is 420 g/mol. The highest BCUT2D eigenvalue weighted by Gasteiger charge is 2.59. The largest absolute Gasteiger partial charge is 0.427 e. The van der Waals surface area contributed by atoms with Crippen molar-refractivity contribution in [2.45, 2.75) is 37.7 Å². The van der Waals surface area contributed by atoms with Gasteiger partial charge in [0.1, 0.15) is 5.82 Å². The van der Waals surface area contributed by atoms with E-state index in [9.17, 15) is 32.3 Å². The molecule has 31 heavy (non-hydrogen) atoms. The smallest absolute Gasteiger partial charge is 0.391 e. The van der Waals surface area contributed by atoms with Gasteiger partial charge in [0.2, 0.25) is 5.54 Å². The normalized spacial score (nSPS) is 20.2. The van der Waals surface area contributed by atoms with Crippen molar-refractivity contribution in [3.63, 3.8) is 0 Å². The van der Waals surface area contributed by atoms with E-state index in [4.69, 9.17) is 0 Å². The zero-order valence-electron chi connectivity index (χ0n) is 15.9. The Morgan fingerprint density at radius 3 is 2.65 bits per heavy atom. The van der Waals surface area contributed by atoms with Gasteiger partial charge in [0.05, 0.1) is 25.0 Å².